The molecule has 0 aliphatic carbocycles. The molecule has 1 fully saturated rings. The summed E-state index contributed by atoms with van der Waals surface area (Å²) < 4.78 is 17.4. The van der Waals surface area contributed by atoms with Gasteiger partial charge in [-0.15, -0.1) is 0 Å². The maximum atomic E-state index is 13.5. The summed E-state index contributed by atoms with van der Waals surface area (Å²) >= 11 is 0. The Morgan fingerprint density at radius 1 is 1.07 bits per heavy atom. The van der Waals surface area contributed by atoms with E-state index < -0.39 is 17.7 Å². The minimum absolute atomic E-state index is 0.0368. The monoisotopic (exact) mass is 539 g/mol. The Hall–Kier alpha value is -4.52. The number of rotatable bonds is 10. The molecule has 7 nitrogen and oxygen atoms in total. The molecule has 1 N–H and O–H groups in total. The van der Waals surface area contributed by atoms with E-state index in [4.69, 9.17) is 14.2 Å². The summed E-state index contributed by atoms with van der Waals surface area (Å²) in [5.41, 5.74) is 3.15. The average Bonchev–Trinajstić information content (AvgIpc) is 3.46. The van der Waals surface area contributed by atoms with Crippen LogP contribution in [0.5, 0.6) is 17.2 Å². The van der Waals surface area contributed by atoms with Crippen LogP contribution in [0.1, 0.15) is 42.1 Å². The Labute approximate surface area is 234 Å². The Balaban J connectivity index is 1.60. The fourth-order valence-corrected chi connectivity index (χ4v) is 5.31. The molecule has 0 radical (unpaired) electrons. The maximum absolute atomic E-state index is 13.5. The zero-order chi connectivity index (χ0) is 28.2. The van der Waals surface area contributed by atoms with Crippen LogP contribution in [-0.4, -0.2) is 47.6 Å². The van der Waals surface area contributed by atoms with Crippen LogP contribution in [-0.2, 0) is 22.4 Å². The third kappa shape index (κ3) is 5.32. The molecule has 3 aromatic rings. The first kappa shape index (κ1) is 27.1. The van der Waals surface area contributed by atoms with Crippen LogP contribution in [0, 0.1) is 0 Å². The second-order valence-corrected chi connectivity index (χ2v) is 9.92. The first-order valence-corrected chi connectivity index (χ1v) is 13.5. The summed E-state index contributed by atoms with van der Waals surface area (Å²) in [7, 11) is 0. The smallest absolute Gasteiger partial charge is 0.295 e. The zero-order valence-electron chi connectivity index (χ0n) is 22.8. The summed E-state index contributed by atoms with van der Waals surface area (Å²) in [6, 6.07) is 19.7. The SMILES string of the molecule is C=CCOc1ccc([C@H]2C(=C(O)c3ccc4c(c3)C[C@H](C)O4)C(=O)C(=O)N2CCc2ccccc2)cc1OCC. The summed E-state index contributed by atoms with van der Waals surface area (Å²) in [5.74, 6) is 0.202. The lowest BCUT2D eigenvalue weighted by Crippen LogP contribution is -2.31. The third-order valence-corrected chi connectivity index (χ3v) is 7.13. The van der Waals surface area contributed by atoms with Gasteiger partial charge in [0.05, 0.1) is 18.2 Å². The van der Waals surface area contributed by atoms with Gasteiger partial charge in [-0.2, -0.15) is 0 Å². The van der Waals surface area contributed by atoms with Crippen LogP contribution in [0.3, 0.4) is 0 Å². The Morgan fingerprint density at radius 2 is 1.88 bits per heavy atom. The predicted molar refractivity (Wildman–Crippen MR) is 153 cm³/mol. The zero-order valence-corrected chi connectivity index (χ0v) is 22.8. The second-order valence-electron chi connectivity index (χ2n) is 9.92. The fraction of sp³-hybridized carbons (Fsp3) is 0.273. The number of hydrogen-bond donors (Lipinski definition) is 1. The molecule has 2 atom stereocenters. The molecule has 2 heterocycles. The molecule has 0 spiro atoms. The lowest BCUT2D eigenvalue weighted by atomic mass is 9.94. The molecule has 1 saturated heterocycles. The van der Waals surface area contributed by atoms with Gasteiger partial charge in [0.25, 0.3) is 11.7 Å². The summed E-state index contributed by atoms with van der Waals surface area (Å²) in [5, 5.41) is 11.6. The van der Waals surface area contributed by atoms with Crippen molar-refractivity contribution >= 4 is 17.4 Å². The molecule has 1 amide bonds. The normalized spacial score (nSPS) is 19.3. The summed E-state index contributed by atoms with van der Waals surface area (Å²) in [6.07, 6.45) is 2.94. The van der Waals surface area contributed by atoms with Crippen molar-refractivity contribution in [1.29, 1.82) is 0 Å². The number of nitrogens with zero attached hydrogens (tertiary/aromatic N) is 1. The van der Waals surface area contributed by atoms with Crippen molar-refractivity contribution in [2.24, 2.45) is 0 Å². The molecule has 0 aromatic heterocycles. The molecule has 3 aromatic carbocycles. The summed E-state index contributed by atoms with van der Waals surface area (Å²) in [4.78, 5) is 28.5. The van der Waals surface area contributed by atoms with E-state index in [0.717, 1.165) is 16.9 Å². The highest BCUT2D eigenvalue weighted by Gasteiger charge is 2.46. The number of aliphatic hydroxyl groups excluding tert-OH is 1. The van der Waals surface area contributed by atoms with Gasteiger partial charge in [0.15, 0.2) is 11.5 Å². The van der Waals surface area contributed by atoms with E-state index in [0.29, 0.717) is 55.2 Å². The minimum Gasteiger partial charge on any atom is -0.507 e. The molecular weight excluding hydrogens is 506 g/mol. The predicted octanol–water partition coefficient (Wildman–Crippen LogP) is 5.64. The van der Waals surface area contributed by atoms with E-state index in [1.807, 2.05) is 50.2 Å². The van der Waals surface area contributed by atoms with Gasteiger partial charge >= 0.3 is 0 Å². The van der Waals surface area contributed by atoms with Gasteiger partial charge in [-0.25, -0.2) is 0 Å². The van der Waals surface area contributed by atoms with Crippen LogP contribution in [0.4, 0.5) is 0 Å². The molecule has 206 valence electrons. The van der Waals surface area contributed by atoms with Crippen LogP contribution in [0.15, 0.2) is 85.0 Å². The van der Waals surface area contributed by atoms with Crippen molar-refractivity contribution < 1.29 is 28.9 Å². The number of likely N-dealkylation sites (tertiary alicyclic amines) is 1. The van der Waals surface area contributed by atoms with Gasteiger partial charge in [0.1, 0.15) is 24.2 Å². The van der Waals surface area contributed by atoms with Gasteiger partial charge in [0.2, 0.25) is 0 Å². The van der Waals surface area contributed by atoms with E-state index in [1.165, 1.54) is 4.90 Å². The highest BCUT2D eigenvalue weighted by Crippen LogP contribution is 2.43. The van der Waals surface area contributed by atoms with Crippen molar-refractivity contribution in [1.82, 2.24) is 4.90 Å². The molecular formula is C33H33NO6. The standard InChI is InChI=1S/C33H33NO6/c1-4-17-39-27-14-11-23(20-28(27)38-5-2)30-29(31(35)24-12-13-26-25(19-24)18-21(3)40-26)32(36)33(37)34(30)16-15-22-9-7-6-8-10-22/h4,6-14,19-21,30,35H,1,5,15-18H2,2-3H3/t21-,30-/m0/s1. The highest BCUT2D eigenvalue weighted by molar-refractivity contribution is 6.46. The highest BCUT2D eigenvalue weighted by atomic mass is 16.5. The van der Waals surface area contributed by atoms with Crippen LogP contribution >= 0.6 is 0 Å². The number of fused-ring (bicyclic) bond motifs is 1. The first-order valence-electron chi connectivity index (χ1n) is 13.5. The van der Waals surface area contributed by atoms with E-state index in [9.17, 15) is 14.7 Å². The third-order valence-electron chi connectivity index (χ3n) is 7.13. The number of ether oxygens (including phenoxy) is 3. The van der Waals surface area contributed by atoms with Gasteiger partial charge in [-0.1, -0.05) is 49.1 Å². The Bertz CT molecular complexity index is 1460. The number of ketones is 1. The van der Waals surface area contributed by atoms with Crippen LogP contribution < -0.4 is 14.2 Å². The van der Waals surface area contributed by atoms with Crippen molar-refractivity contribution in [2.75, 3.05) is 19.8 Å². The maximum Gasteiger partial charge on any atom is 0.295 e. The second kappa shape index (κ2) is 11.7. The first-order chi connectivity index (χ1) is 19.4. The Morgan fingerprint density at radius 3 is 2.62 bits per heavy atom. The number of amides is 1. The van der Waals surface area contributed by atoms with Gasteiger partial charge < -0.3 is 24.2 Å². The number of carbonyl (C=O) groups excluding carboxylic acids is 2. The number of Topliss-reactive ketones (excluding diaryl/α,β-unsaturated/α-hetero) is 1. The van der Waals surface area contributed by atoms with Crippen molar-refractivity contribution in [3.63, 3.8) is 0 Å². The van der Waals surface area contributed by atoms with Gasteiger partial charge in [-0.05, 0) is 67.3 Å². The molecule has 7 heteroatoms. The van der Waals surface area contributed by atoms with Gasteiger partial charge in [0, 0.05) is 18.5 Å². The minimum atomic E-state index is -0.806. The largest absolute Gasteiger partial charge is 0.507 e. The molecule has 0 saturated carbocycles. The number of benzene rings is 3. The molecule has 0 bridgehead atoms. The van der Waals surface area contributed by atoms with E-state index in [-0.39, 0.29) is 17.4 Å². The van der Waals surface area contributed by atoms with Gasteiger partial charge in [-0.3, -0.25) is 9.59 Å². The van der Waals surface area contributed by atoms with Crippen LogP contribution in [0.2, 0.25) is 0 Å². The molecule has 5 rings (SSSR count). The number of carbonyl (C=O) groups is 2. The summed E-state index contributed by atoms with van der Waals surface area (Å²) in [6.45, 7) is 8.55. The quantitative estimate of drug-likeness (QED) is 0.155. The molecule has 2 aliphatic rings. The Kier molecular flexibility index (Phi) is 7.91. The number of aliphatic hydroxyl groups is 1. The molecule has 0 unspecified atom stereocenters. The van der Waals surface area contributed by atoms with E-state index >= 15 is 0 Å². The fourth-order valence-electron chi connectivity index (χ4n) is 5.31. The van der Waals surface area contributed by atoms with Crippen molar-refractivity contribution in [3.05, 3.63) is 107 Å². The van der Waals surface area contributed by atoms with E-state index in [1.54, 1.807) is 36.4 Å². The lowest BCUT2D eigenvalue weighted by Gasteiger charge is -2.26. The molecule has 2 aliphatic heterocycles. The molecule has 40 heavy (non-hydrogen) atoms. The topological polar surface area (TPSA) is 85.3 Å². The van der Waals surface area contributed by atoms with Crippen LogP contribution in [0.25, 0.3) is 5.76 Å². The van der Waals surface area contributed by atoms with Crippen molar-refractivity contribution in [2.45, 2.75) is 38.8 Å². The van der Waals surface area contributed by atoms with E-state index in [2.05, 4.69) is 6.58 Å². The number of hydrogen-bond acceptors (Lipinski definition) is 6. The van der Waals surface area contributed by atoms with Crippen molar-refractivity contribution in [3.8, 4) is 17.2 Å². The lowest BCUT2D eigenvalue weighted by molar-refractivity contribution is -0.139. The average molecular weight is 540 g/mol.